The number of ether oxygens (including phenoxy) is 1. The zero-order valence-electron chi connectivity index (χ0n) is 27.1. The molecule has 1 aromatic carbocycles. The first-order chi connectivity index (χ1) is 22.4. The molecule has 13 heteroatoms. The number of anilines is 1. The summed E-state index contributed by atoms with van der Waals surface area (Å²) in [5.41, 5.74) is 0.156. The van der Waals surface area contributed by atoms with Gasteiger partial charge in [-0.2, -0.15) is 0 Å². The summed E-state index contributed by atoms with van der Waals surface area (Å²) in [4.78, 5) is 25.0. The van der Waals surface area contributed by atoms with Crippen molar-refractivity contribution in [3.8, 4) is 0 Å². The van der Waals surface area contributed by atoms with Crippen LogP contribution in [0.15, 0.2) is 35.4 Å². The predicted molar refractivity (Wildman–Crippen MR) is 175 cm³/mol. The van der Waals surface area contributed by atoms with Crippen molar-refractivity contribution in [2.45, 2.75) is 89.3 Å². The van der Waals surface area contributed by atoms with Crippen LogP contribution in [0.2, 0.25) is 0 Å². The lowest BCUT2D eigenvalue weighted by Crippen LogP contribution is -2.52. The van der Waals surface area contributed by atoms with Gasteiger partial charge in [-0.25, -0.2) is 31.6 Å². The third-order valence-corrected chi connectivity index (χ3v) is 11.8. The van der Waals surface area contributed by atoms with Gasteiger partial charge in [-0.1, -0.05) is 18.2 Å². The quantitative estimate of drug-likeness (QED) is 0.346. The molecular weight excluding hydrogens is 631 g/mol. The molecule has 4 aliphatic rings. The van der Waals surface area contributed by atoms with Gasteiger partial charge >= 0.3 is 0 Å². The van der Waals surface area contributed by atoms with Gasteiger partial charge in [0.25, 0.3) is 11.5 Å². The van der Waals surface area contributed by atoms with Crippen LogP contribution in [0.1, 0.15) is 87.4 Å². The Morgan fingerprint density at radius 2 is 1.74 bits per heavy atom. The zero-order chi connectivity index (χ0) is 33.3. The molecule has 0 saturated carbocycles. The highest BCUT2D eigenvalue weighted by atomic mass is 32.2. The molecule has 1 unspecified atom stereocenters. The molecule has 0 amide bonds. The maximum atomic E-state index is 15.9. The Morgan fingerprint density at radius 1 is 1.00 bits per heavy atom. The van der Waals surface area contributed by atoms with Crippen molar-refractivity contribution in [2.24, 2.45) is 5.92 Å². The number of hydrogen-bond acceptors (Lipinski definition) is 8. The number of rotatable bonds is 1. The third-order valence-electron chi connectivity index (χ3n) is 10.1. The monoisotopic (exact) mass is 675 g/mol. The second kappa shape index (κ2) is 13.8. The lowest BCUT2D eigenvalue weighted by atomic mass is 9.87. The number of hydrogen-bond donors (Lipinski definition) is 1. The van der Waals surface area contributed by atoms with Crippen molar-refractivity contribution in [3.05, 3.63) is 63.5 Å². The Labute approximate surface area is 273 Å². The average Bonchev–Trinajstić information content (AvgIpc) is 3.00. The Bertz CT molecular complexity index is 1750. The van der Waals surface area contributed by atoms with Gasteiger partial charge in [0.1, 0.15) is 33.4 Å². The number of halogens is 3. The molecule has 4 aliphatic heterocycles. The first-order valence-corrected chi connectivity index (χ1v) is 18.6. The van der Waals surface area contributed by atoms with Crippen LogP contribution in [-0.2, 0) is 27.0 Å². The van der Waals surface area contributed by atoms with Crippen LogP contribution in [0.3, 0.4) is 0 Å². The molecule has 9 nitrogen and oxygen atoms in total. The number of aryl methyl sites for hydroxylation is 1. The van der Waals surface area contributed by atoms with Crippen LogP contribution in [0.4, 0.5) is 19.0 Å². The minimum atomic E-state index is -3.33. The van der Waals surface area contributed by atoms with Gasteiger partial charge in [-0.05, 0) is 70.3 Å². The smallest absolute Gasteiger partial charge is 0.276 e. The average molecular weight is 676 g/mol. The molecule has 2 saturated heterocycles. The summed E-state index contributed by atoms with van der Waals surface area (Å²) < 4.78 is 78.9. The van der Waals surface area contributed by atoms with Crippen molar-refractivity contribution in [3.63, 3.8) is 0 Å². The van der Waals surface area contributed by atoms with E-state index < -0.39 is 39.6 Å². The highest BCUT2D eigenvalue weighted by molar-refractivity contribution is 7.91. The van der Waals surface area contributed by atoms with Crippen molar-refractivity contribution >= 4 is 26.7 Å². The SMILES string of the molecule is CC1CCCOCCCCn2c(=O)c(C3CCS(=O)(=O)CC3)cc3c(ncnc32)N[C@H](C)c2cccc(c2F)C(F)(F)CC2CN1C2. The van der Waals surface area contributed by atoms with E-state index in [1.807, 2.05) is 0 Å². The van der Waals surface area contributed by atoms with E-state index in [4.69, 9.17) is 4.74 Å². The molecule has 3 aromatic rings. The molecule has 47 heavy (non-hydrogen) atoms. The zero-order valence-corrected chi connectivity index (χ0v) is 27.9. The summed E-state index contributed by atoms with van der Waals surface area (Å²) in [5, 5.41) is 3.74. The normalized spacial score (nSPS) is 27.5. The lowest BCUT2D eigenvalue weighted by Gasteiger charge is -2.44. The fourth-order valence-corrected chi connectivity index (χ4v) is 8.77. The van der Waals surface area contributed by atoms with E-state index in [0.29, 0.717) is 74.5 Å². The van der Waals surface area contributed by atoms with E-state index in [2.05, 4.69) is 27.1 Å². The molecule has 8 bridgehead atoms. The van der Waals surface area contributed by atoms with Gasteiger partial charge in [0.2, 0.25) is 0 Å². The summed E-state index contributed by atoms with van der Waals surface area (Å²) in [5.74, 6) is -4.38. The molecule has 6 heterocycles. The van der Waals surface area contributed by atoms with Crippen LogP contribution in [0.25, 0.3) is 11.0 Å². The minimum Gasteiger partial charge on any atom is -0.381 e. The van der Waals surface area contributed by atoms with Crippen molar-refractivity contribution in [2.75, 3.05) is 43.1 Å². The van der Waals surface area contributed by atoms with Gasteiger partial charge in [0.05, 0.1) is 28.5 Å². The van der Waals surface area contributed by atoms with Crippen LogP contribution in [-0.4, -0.2) is 71.7 Å². The van der Waals surface area contributed by atoms with E-state index in [9.17, 15) is 13.2 Å². The number of fused-ring (bicyclic) bond motifs is 10. The van der Waals surface area contributed by atoms with E-state index >= 15 is 13.2 Å². The molecule has 1 N–H and O–H groups in total. The second-order valence-corrected chi connectivity index (χ2v) is 15.9. The van der Waals surface area contributed by atoms with E-state index in [1.165, 1.54) is 24.5 Å². The molecular formula is C34H44F3N5O4S. The fourth-order valence-electron chi connectivity index (χ4n) is 7.28. The second-order valence-electron chi connectivity index (χ2n) is 13.6. The summed E-state index contributed by atoms with van der Waals surface area (Å²) >= 11 is 0. The highest BCUT2D eigenvalue weighted by Gasteiger charge is 2.42. The molecule has 2 fully saturated rings. The number of sulfone groups is 1. The Kier molecular flexibility index (Phi) is 9.96. The molecule has 0 spiro atoms. The van der Waals surface area contributed by atoms with Crippen LogP contribution in [0, 0.1) is 11.7 Å². The standard InChI is InChI=1S/C34H44F3N5O4S/c1-22-7-6-14-46-13-4-3-12-42-32-28(17-27(33(42)43)25-10-15-47(44,45)16-11-25)31(38-21-39-32)40-23(2)26-8-5-9-29(30(26)35)34(36,37)18-24-19-41(22)20-24/h5,8-9,17,21-25H,3-4,6-7,10-16,18-20H2,1-2H3,(H,38,39,40)/t22?,23-/m1/s1. The first-order valence-electron chi connectivity index (χ1n) is 16.8. The summed E-state index contributed by atoms with van der Waals surface area (Å²) in [6.45, 7) is 6.44. The van der Waals surface area contributed by atoms with Crippen LogP contribution < -0.4 is 10.9 Å². The van der Waals surface area contributed by atoms with E-state index in [0.717, 1.165) is 19.3 Å². The number of aromatic nitrogens is 3. The number of nitrogens with one attached hydrogen (secondary N) is 1. The molecule has 256 valence electrons. The van der Waals surface area contributed by atoms with Crippen molar-refractivity contribution in [1.29, 1.82) is 0 Å². The van der Waals surface area contributed by atoms with Crippen molar-refractivity contribution in [1.82, 2.24) is 19.4 Å². The molecule has 0 radical (unpaired) electrons. The largest absolute Gasteiger partial charge is 0.381 e. The number of pyridine rings is 1. The van der Waals surface area contributed by atoms with Crippen LogP contribution >= 0.6 is 0 Å². The number of nitrogens with zero attached hydrogens (tertiary/aromatic N) is 4. The minimum absolute atomic E-state index is 0.0116. The van der Waals surface area contributed by atoms with Gasteiger partial charge in [-0.15, -0.1) is 0 Å². The van der Waals surface area contributed by atoms with Gasteiger partial charge < -0.3 is 15.0 Å². The Balaban J connectivity index is 1.37. The summed E-state index contributed by atoms with van der Waals surface area (Å²) in [6, 6.07) is 5.35. The topological polar surface area (TPSA) is 106 Å². The van der Waals surface area contributed by atoms with Gasteiger partial charge in [-0.3, -0.25) is 9.36 Å². The maximum absolute atomic E-state index is 15.9. The van der Waals surface area contributed by atoms with Crippen molar-refractivity contribution < 1.29 is 26.3 Å². The highest BCUT2D eigenvalue weighted by Crippen LogP contribution is 2.41. The molecule has 7 rings (SSSR count). The van der Waals surface area contributed by atoms with Crippen LogP contribution in [0.5, 0.6) is 0 Å². The molecule has 2 atom stereocenters. The fraction of sp³-hybridized carbons (Fsp3) is 0.618. The summed E-state index contributed by atoms with van der Waals surface area (Å²) in [6.07, 6.45) is 4.74. The third kappa shape index (κ3) is 7.36. The molecule has 2 aromatic heterocycles. The van der Waals surface area contributed by atoms with Gasteiger partial charge in [0, 0.05) is 56.4 Å². The predicted octanol–water partition coefficient (Wildman–Crippen LogP) is 5.79. The van der Waals surface area contributed by atoms with E-state index in [-0.39, 0.29) is 40.5 Å². The number of benzene rings is 1. The Hall–Kier alpha value is -3.03. The number of alkyl halides is 2. The first kappa shape index (κ1) is 33.9. The lowest BCUT2D eigenvalue weighted by molar-refractivity contribution is -0.0666. The maximum Gasteiger partial charge on any atom is 0.276 e. The van der Waals surface area contributed by atoms with E-state index in [1.54, 1.807) is 17.6 Å². The Morgan fingerprint density at radius 3 is 2.51 bits per heavy atom. The van der Waals surface area contributed by atoms with Gasteiger partial charge in [0.15, 0.2) is 0 Å². The summed E-state index contributed by atoms with van der Waals surface area (Å²) in [7, 11) is -3.15. The molecule has 0 aliphatic carbocycles.